The van der Waals surface area contributed by atoms with Crippen LogP contribution in [0.25, 0.3) is 17.0 Å². The molecule has 0 saturated heterocycles. The zero-order valence-electron chi connectivity index (χ0n) is 13.5. The molecule has 3 rings (SSSR count). The first kappa shape index (κ1) is 16.1. The van der Waals surface area contributed by atoms with Crippen molar-refractivity contribution in [3.63, 3.8) is 0 Å². The van der Waals surface area contributed by atoms with E-state index in [1.165, 1.54) is 17.7 Å². The number of aryl methyl sites for hydroxylation is 2. The highest BCUT2D eigenvalue weighted by atomic mass is 19.1. The van der Waals surface area contributed by atoms with Crippen LogP contribution in [0.5, 0.6) is 0 Å². The fourth-order valence-electron chi connectivity index (χ4n) is 2.82. The van der Waals surface area contributed by atoms with Crippen LogP contribution in [-0.2, 0) is 12.8 Å². The maximum Gasteiger partial charge on any atom is 0.134 e. The molecule has 0 radical (unpaired) electrons. The third-order valence-electron chi connectivity index (χ3n) is 4.06. The molecular weight excluding hydrogens is 299 g/mol. The van der Waals surface area contributed by atoms with Crippen molar-refractivity contribution in [2.24, 2.45) is 0 Å². The van der Waals surface area contributed by atoms with Crippen LogP contribution < -0.4 is 0 Å². The summed E-state index contributed by atoms with van der Waals surface area (Å²) in [6, 6.07) is 14.8. The minimum Gasteiger partial charge on any atom is -0.461 e. The summed E-state index contributed by atoms with van der Waals surface area (Å²) in [5, 5.41) is 1.09. The number of furan rings is 1. The molecule has 2 heteroatoms. The number of hydrogen-bond donors (Lipinski definition) is 0. The molecule has 3 aromatic rings. The van der Waals surface area contributed by atoms with Gasteiger partial charge in [-0.25, -0.2) is 4.39 Å². The van der Waals surface area contributed by atoms with E-state index >= 15 is 0 Å². The Morgan fingerprint density at radius 2 is 1.83 bits per heavy atom. The van der Waals surface area contributed by atoms with Gasteiger partial charge in [0.25, 0.3) is 0 Å². The lowest BCUT2D eigenvalue weighted by molar-refractivity contribution is 0.532. The fourth-order valence-corrected chi connectivity index (χ4v) is 2.82. The van der Waals surface area contributed by atoms with Crippen molar-refractivity contribution in [2.75, 3.05) is 0 Å². The average Bonchev–Trinajstić information content (AvgIpc) is 3.02. The largest absolute Gasteiger partial charge is 0.461 e. The van der Waals surface area contributed by atoms with Gasteiger partial charge in [0, 0.05) is 11.8 Å². The summed E-state index contributed by atoms with van der Waals surface area (Å²) >= 11 is 0. The Labute approximate surface area is 141 Å². The third-order valence-corrected chi connectivity index (χ3v) is 4.06. The van der Waals surface area contributed by atoms with E-state index in [0.717, 1.165) is 48.0 Å². The fraction of sp³-hybridized carbons (Fsp3) is 0.182. The lowest BCUT2D eigenvalue weighted by Crippen LogP contribution is -1.88. The van der Waals surface area contributed by atoms with E-state index in [2.05, 4.69) is 12.0 Å². The van der Waals surface area contributed by atoms with Gasteiger partial charge in [0.05, 0.1) is 0 Å². The van der Waals surface area contributed by atoms with E-state index in [0.29, 0.717) is 0 Å². The highest BCUT2D eigenvalue weighted by Crippen LogP contribution is 2.25. The average molecular weight is 318 g/mol. The first-order valence-corrected chi connectivity index (χ1v) is 8.15. The van der Waals surface area contributed by atoms with Crippen LogP contribution in [0.4, 0.5) is 4.39 Å². The Bertz CT molecular complexity index is 878. The first-order chi connectivity index (χ1) is 11.8. The van der Waals surface area contributed by atoms with Crippen LogP contribution in [0, 0.1) is 18.2 Å². The van der Waals surface area contributed by atoms with Gasteiger partial charge in [-0.15, -0.1) is 6.42 Å². The molecule has 2 aromatic carbocycles. The minimum atomic E-state index is -0.185. The summed E-state index contributed by atoms with van der Waals surface area (Å²) in [7, 11) is 0. The molecule has 0 atom stereocenters. The van der Waals surface area contributed by atoms with E-state index < -0.39 is 0 Å². The van der Waals surface area contributed by atoms with Crippen LogP contribution in [0.15, 0.2) is 59.0 Å². The van der Waals surface area contributed by atoms with Crippen molar-refractivity contribution in [1.29, 1.82) is 0 Å². The molecule has 0 fully saturated rings. The summed E-state index contributed by atoms with van der Waals surface area (Å²) in [4.78, 5) is 0. The van der Waals surface area contributed by atoms with Gasteiger partial charge in [-0.2, -0.15) is 0 Å². The Balaban J connectivity index is 1.60. The molecule has 0 bridgehead atoms. The summed E-state index contributed by atoms with van der Waals surface area (Å²) in [6.45, 7) is 0. The molecule has 0 aliphatic carbocycles. The van der Waals surface area contributed by atoms with Crippen LogP contribution in [0.2, 0.25) is 0 Å². The van der Waals surface area contributed by atoms with Crippen LogP contribution in [-0.4, -0.2) is 0 Å². The molecular formula is C22H19FO. The number of hydrogen-bond acceptors (Lipinski definition) is 1. The van der Waals surface area contributed by atoms with Crippen molar-refractivity contribution in [2.45, 2.75) is 25.7 Å². The number of unbranched alkanes of at least 4 members (excludes halogenated alkanes) is 1. The number of terminal acetylenes is 1. The van der Waals surface area contributed by atoms with Gasteiger partial charge in [-0.1, -0.05) is 30.2 Å². The Hall–Kier alpha value is -2.79. The monoisotopic (exact) mass is 318 g/mol. The normalized spacial score (nSPS) is 11.2. The number of rotatable bonds is 6. The predicted molar refractivity (Wildman–Crippen MR) is 97.1 cm³/mol. The Morgan fingerprint density at radius 1 is 1.04 bits per heavy atom. The van der Waals surface area contributed by atoms with E-state index in [4.69, 9.17) is 10.8 Å². The topological polar surface area (TPSA) is 13.1 Å². The number of fused-ring (bicyclic) bond motifs is 1. The minimum absolute atomic E-state index is 0.185. The van der Waals surface area contributed by atoms with Crippen LogP contribution in [0.1, 0.15) is 29.7 Å². The SMILES string of the molecule is C#CC=Cc1cccc2oc(CCCCc3ccc(F)cc3)cc12. The van der Waals surface area contributed by atoms with E-state index in [1.54, 1.807) is 6.08 Å². The zero-order chi connectivity index (χ0) is 16.8. The van der Waals surface area contributed by atoms with E-state index in [9.17, 15) is 4.39 Å². The van der Waals surface area contributed by atoms with Gasteiger partial charge in [-0.05, 0) is 66.8 Å². The standard InChI is InChI=1S/C22H19FO/c1-2-3-8-18-9-6-11-22-21(18)16-20(24-22)10-5-4-7-17-12-14-19(23)15-13-17/h1,3,6,8-9,11-16H,4-5,7,10H2. The molecule has 0 aliphatic rings. The molecule has 0 aliphatic heterocycles. The number of benzene rings is 2. The second-order valence-electron chi connectivity index (χ2n) is 5.81. The van der Waals surface area contributed by atoms with E-state index in [1.807, 2.05) is 36.4 Å². The Morgan fingerprint density at radius 3 is 2.62 bits per heavy atom. The van der Waals surface area contributed by atoms with Gasteiger partial charge in [0.2, 0.25) is 0 Å². The molecule has 120 valence electrons. The summed E-state index contributed by atoms with van der Waals surface area (Å²) in [5.74, 6) is 3.32. The van der Waals surface area contributed by atoms with Crippen molar-refractivity contribution >= 4 is 17.0 Å². The van der Waals surface area contributed by atoms with Gasteiger partial charge in [-0.3, -0.25) is 0 Å². The molecule has 1 aromatic heterocycles. The quantitative estimate of drug-likeness (QED) is 0.414. The molecule has 24 heavy (non-hydrogen) atoms. The van der Waals surface area contributed by atoms with Crippen molar-refractivity contribution < 1.29 is 8.81 Å². The maximum absolute atomic E-state index is 12.9. The smallest absolute Gasteiger partial charge is 0.134 e. The molecule has 1 heterocycles. The van der Waals surface area contributed by atoms with Crippen molar-refractivity contribution in [3.8, 4) is 12.3 Å². The molecule has 0 spiro atoms. The predicted octanol–water partition coefficient (Wildman–Crippen LogP) is 5.78. The van der Waals surface area contributed by atoms with Gasteiger partial charge >= 0.3 is 0 Å². The summed E-state index contributed by atoms with van der Waals surface area (Å²) < 4.78 is 18.8. The molecule has 0 amide bonds. The molecule has 0 unspecified atom stereocenters. The summed E-state index contributed by atoms with van der Waals surface area (Å²) in [5.41, 5.74) is 3.14. The highest BCUT2D eigenvalue weighted by molar-refractivity contribution is 5.87. The summed E-state index contributed by atoms with van der Waals surface area (Å²) in [6.07, 6.45) is 12.8. The Kier molecular flexibility index (Phi) is 5.13. The van der Waals surface area contributed by atoms with Crippen LogP contribution in [0.3, 0.4) is 0 Å². The second-order valence-corrected chi connectivity index (χ2v) is 5.81. The van der Waals surface area contributed by atoms with Gasteiger partial charge in [0.15, 0.2) is 0 Å². The van der Waals surface area contributed by atoms with Gasteiger partial charge < -0.3 is 4.42 Å². The van der Waals surface area contributed by atoms with Crippen molar-refractivity contribution in [1.82, 2.24) is 0 Å². The number of halogens is 1. The van der Waals surface area contributed by atoms with Crippen molar-refractivity contribution in [3.05, 3.63) is 77.3 Å². The van der Waals surface area contributed by atoms with Gasteiger partial charge in [0.1, 0.15) is 17.2 Å². The second kappa shape index (κ2) is 7.66. The number of allylic oxidation sites excluding steroid dienone is 1. The highest BCUT2D eigenvalue weighted by Gasteiger charge is 2.06. The maximum atomic E-state index is 12.9. The molecule has 0 saturated carbocycles. The lowest BCUT2D eigenvalue weighted by Gasteiger charge is -2.00. The van der Waals surface area contributed by atoms with E-state index in [-0.39, 0.29) is 5.82 Å². The first-order valence-electron chi connectivity index (χ1n) is 8.15. The zero-order valence-corrected chi connectivity index (χ0v) is 13.5. The molecule has 1 nitrogen and oxygen atoms in total. The molecule has 0 N–H and O–H groups in total. The third kappa shape index (κ3) is 3.94. The van der Waals surface area contributed by atoms with Crippen LogP contribution >= 0.6 is 0 Å². The lowest BCUT2D eigenvalue weighted by atomic mass is 10.1.